The molecule has 2 aliphatic heterocycles. The minimum absolute atomic E-state index is 0.672. The summed E-state index contributed by atoms with van der Waals surface area (Å²) in [6, 6.07) is -1.45. The van der Waals surface area contributed by atoms with Gasteiger partial charge in [0.2, 0.25) is 5.91 Å². The van der Waals surface area contributed by atoms with Gasteiger partial charge in [0.1, 0.15) is 42.7 Å². The third kappa shape index (κ3) is 7.23. The Balaban J connectivity index is 2.34. The molecular formula is C16H27NO15S. The Hall–Kier alpha value is -1.51. The molecule has 0 spiro atoms. The van der Waals surface area contributed by atoms with Gasteiger partial charge in [-0.2, -0.15) is 8.42 Å². The molecule has 0 unspecified atom stereocenters. The number of amides is 1. The number of esters is 1. The first-order chi connectivity index (χ1) is 15.2. The smallest absolute Gasteiger partial charge is 0.397 e. The highest BCUT2D eigenvalue weighted by atomic mass is 32.3. The van der Waals surface area contributed by atoms with E-state index in [-0.39, 0.29) is 0 Å². The summed E-state index contributed by atoms with van der Waals surface area (Å²) in [5, 5.41) is 53.0. The Morgan fingerprint density at radius 1 is 0.970 bits per heavy atom. The highest BCUT2D eigenvalue weighted by Crippen LogP contribution is 2.30. The summed E-state index contributed by atoms with van der Waals surface area (Å²) in [6.07, 6.45) is -15.3. The van der Waals surface area contributed by atoms with E-state index in [9.17, 15) is 43.5 Å². The van der Waals surface area contributed by atoms with Gasteiger partial charge in [0.15, 0.2) is 18.7 Å². The van der Waals surface area contributed by atoms with Gasteiger partial charge in [0.05, 0.1) is 13.2 Å². The average Bonchev–Trinajstić information content (AvgIpc) is 2.70. The van der Waals surface area contributed by atoms with Crippen molar-refractivity contribution in [2.24, 2.45) is 0 Å². The van der Waals surface area contributed by atoms with Crippen molar-refractivity contribution in [2.45, 2.75) is 75.2 Å². The predicted molar refractivity (Wildman–Crippen MR) is 100 cm³/mol. The molecule has 2 aliphatic rings. The van der Waals surface area contributed by atoms with Crippen LogP contribution in [0.3, 0.4) is 0 Å². The van der Waals surface area contributed by atoms with Crippen LogP contribution >= 0.6 is 0 Å². The number of aliphatic hydroxyl groups is 5. The molecule has 192 valence electrons. The van der Waals surface area contributed by atoms with Gasteiger partial charge in [0.25, 0.3) is 0 Å². The largest absolute Gasteiger partial charge is 0.454 e. The number of ether oxygens (including phenoxy) is 4. The Bertz CT molecular complexity index is 793. The van der Waals surface area contributed by atoms with Crippen molar-refractivity contribution in [2.75, 3.05) is 13.2 Å². The Morgan fingerprint density at radius 3 is 2.12 bits per heavy atom. The molecule has 0 aliphatic carbocycles. The quantitative estimate of drug-likeness (QED) is 0.121. The fourth-order valence-electron chi connectivity index (χ4n) is 3.41. The fraction of sp³-hybridized carbons (Fsp3) is 0.875. The number of rotatable bonds is 8. The molecule has 7 N–H and O–H groups in total. The molecule has 16 nitrogen and oxygen atoms in total. The van der Waals surface area contributed by atoms with Crippen LogP contribution in [-0.2, 0) is 43.1 Å². The standard InChI is InChI=1S/C16H27NO15S/c1-5(19)17-9-12(23)10(21)7(3-18)31-16(9)32-13-11(22)8(4-28-33(25,26)27)30-15(24)14(13)29-6(2)20/h7-16,18,21-24H,3-4H2,1-2H3,(H,17,19)(H,25,26,27)/t7-,8-,9-,10-,11-,12-,13+,14-,15+,16+/m1/s1. The minimum Gasteiger partial charge on any atom is -0.454 e. The molecule has 0 aromatic carbocycles. The second-order valence-electron chi connectivity index (χ2n) is 7.38. The van der Waals surface area contributed by atoms with Gasteiger partial charge in [-0.15, -0.1) is 0 Å². The van der Waals surface area contributed by atoms with E-state index in [1.54, 1.807) is 0 Å². The molecule has 0 bridgehead atoms. The van der Waals surface area contributed by atoms with E-state index >= 15 is 0 Å². The van der Waals surface area contributed by atoms with Crippen LogP contribution in [0.1, 0.15) is 13.8 Å². The zero-order valence-corrected chi connectivity index (χ0v) is 18.3. The van der Waals surface area contributed by atoms with Crippen LogP contribution in [0.2, 0.25) is 0 Å². The van der Waals surface area contributed by atoms with Gasteiger partial charge in [-0.05, 0) is 0 Å². The molecule has 0 radical (unpaired) electrons. The third-order valence-corrected chi connectivity index (χ3v) is 5.30. The first-order valence-corrected chi connectivity index (χ1v) is 11.0. The van der Waals surface area contributed by atoms with Crippen molar-refractivity contribution in [1.82, 2.24) is 5.32 Å². The molecule has 33 heavy (non-hydrogen) atoms. The molecule has 1 amide bonds. The number of nitrogens with one attached hydrogen (secondary N) is 1. The van der Waals surface area contributed by atoms with Crippen molar-refractivity contribution >= 4 is 22.3 Å². The molecule has 2 saturated heterocycles. The minimum atomic E-state index is -4.95. The summed E-state index contributed by atoms with van der Waals surface area (Å²) in [6.45, 7) is 0.307. The van der Waals surface area contributed by atoms with Crippen LogP contribution in [0, 0.1) is 0 Å². The van der Waals surface area contributed by atoms with Crippen LogP contribution in [0.15, 0.2) is 0 Å². The molecule has 17 heteroatoms. The first kappa shape index (κ1) is 27.7. The Labute approximate surface area is 187 Å². The molecule has 2 fully saturated rings. The van der Waals surface area contributed by atoms with Crippen molar-refractivity contribution in [3.05, 3.63) is 0 Å². The third-order valence-electron chi connectivity index (χ3n) is 4.86. The van der Waals surface area contributed by atoms with E-state index in [1.165, 1.54) is 0 Å². The molecule has 0 saturated carbocycles. The first-order valence-electron chi connectivity index (χ1n) is 9.60. The monoisotopic (exact) mass is 505 g/mol. The van der Waals surface area contributed by atoms with Gasteiger partial charge in [0, 0.05) is 13.8 Å². The van der Waals surface area contributed by atoms with Crippen LogP contribution in [0.5, 0.6) is 0 Å². The fourth-order valence-corrected chi connectivity index (χ4v) is 3.72. The maximum atomic E-state index is 11.6. The van der Waals surface area contributed by atoms with E-state index in [4.69, 9.17) is 23.5 Å². The molecule has 2 rings (SSSR count). The van der Waals surface area contributed by atoms with Gasteiger partial charge in [-0.1, -0.05) is 0 Å². The zero-order valence-electron chi connectivity index (χ0n) is 17.5. The highest BCUT2D eigenvalue weighted by molar-refractivity contribution is 7.80. The number of carbonyl (C=O) groups excluding carboxylic acids is 2. The number of hydrogen-bond donors (Lipinski definition) is 7. The summed E-state index contributed by atoms with van der Waals surface area (Å²) >= 11 is 0. The zero-order chi connectivity index (χ0) is 25.1. The lowest BCUT2D eigenvalue weighted by Gasteiger charge is -2.47. The van der Waals surface area contributed by atoms with Crippen LogP contribution in [0.25, 0.3) is 0 Å². The van der Waals surface area contributed by atoms with Gasteiger partial charge >= 0.3 is 16.4 Å². The summed E-state index contributed by atoms with van der Waals surface area (Å²) in [5.74, 6) is -1.60. The maximum Gasteiger partial charge on any atom is 0.397 e. The summed E-state index contributed by atoms with van der Waals surface area (Å²) in [4.78, 5) is 23.1. The summed E-state index contributed by atoms with van der Waals surface area (Å²) < 4.78 is 55.5. The Morgan fingerprint density at radius 2 is 1.61 bits per heavy atom. The predicted octanol–water partition coefficient (Wildman–Crippen LogP) is -4.86. The van der Waals surface area contributed by atoms with Crippen molar-refractivity contribution < 1.29 is 71.2 Å². The highest BCUT2D eigenvalue weighted by Gasteiger charge is 2.52. The van der Waals surface area contributed by atoms with Crippen molar-refractivity contribution in [3.63, 3.8) is 0 Å². The van der Waals surface area contributed by atoms with Crippen LogP contribution in [0.4, 0.5) is 0 Å². The van der Waals surface area contributed by atoms with Crippen molar-refractivity contribution in [3.8, 4) is 0 Å². The average molecular weight is 505 g/mol. The second kappa shape index (κ2) is 11.3. The molecule has 0 aromatic rings. The van der Waals surface area contributed by atoms with E-state index in [0.29, 0.717) is 0 Å². The SMILES string of the molecule is CC(=O)N[C@H]1[C@H](O[C@H]2[C@H](O)[C@@H](COS(=O)(=O)O)O[C@H](O)[C@@H]2OC(C)=O)O[C@H](CO)[C@@H](O)[C@@H]1O. The maximum absolute atomic E-state index is 11.6. The van der Waals surface area contributed by atoms with E-state index in [2.05, 4.69) is 9.50 Å². The molecule has 0 aromatic heterocycles. The molecule has 10 atom stereocenters. The summed E-state index contributed by atoms with van der Waals surface area (Å²) in [5.41, 5.74) is 0. The van der Waals surface area contributed by atoms with Crippen molar-refractivity contribution in [1.29, 1.82) is 0 Å². The topological polar surface area (TPSA) is 248 Å². The number of hydrogen-bond acceptors (Lipinski definition) is 14. The van der Waals surface area contributed by atoms with Crippen LogP contribution < -0.4 is 5.32 Å². The molecule has 2 heterocycles. The Kier molecular flexibility index (Phi) is 9.48. The second-order valence-corrected chi connectivity index (χ2v) is 8.47. The van der Waals surface area contributed by atoms with E-state index in [1.807, 2.05) is 0 Å². The van der Waals surface area contributed by atoms with Gasteiger partial charge in [-0.3, -0.25) is 14.1 Å². The van der Waals surface area contributed by atoms with Gasteiger partial charge < -0.3 is 49.8 Å². The lowest BCUT2D eigenvalue weighted by atomic mass is 9.95. The lowest BCUT2D eigenvalue weighted by molar-refractivity contribution is -0.342. The van der Waals surface area contributed by atoms with E-state index in [0.717, 1.165) is 13.8 Å². The summed E-state index contributed by atoms with van der Waals surface area (Å²) in [7, 11) is -4.95. The number of carbonyl (C=O) groups is 2. The molecular weight excluding hydrogens is 478 g/mol. The van der Waals surface area contributed by atoms with E-state index < -0.39 is 96.8 Å². The van der Waals surface area contributed by atoms with Crippen LogP contribution in [-0.4, -0.2) is 125 Å². The van der Waals surface area contributed by atoms with Gasteiger partial charge in [-0.25, -0.2) is 4.18 Å². The number of aliphatic hydroxyl groups excluding tert-OH is 5. The lowest BCUT2D eigenvalue weighted by Crippen LogP contribution is -2.68. The normalized spacial score (nSPS) is 39.6.